The predicted molar refractivity (Wildman–Crippen MR) is 79.5 cm³/mol. The van der Waals surface area contributed by atoms with Crippen molar-refractivity contribution in [1.82, 2.24) is 10.2 Å². The first-order chi connectivity index (χ1) is 9.72. The Labute approximate surface area is 121 Å². The van der Waals surface area contributed by atoms with Crippen LogP contribution in [0.5, 0.6) is 0 Å². The van der Waals surface area contributed by atoms with Gasteiger partial charge in [-0.05, 0) is 30.9 Å². The highest BCUT2D eigenvalue weighted by Gasteiger charge is 2.24. The summed E-state index contributed by atoms with van der Waals surface area (Å²) in [6.07, 6.45) is 1.88. The van der Waals surface area contributed by atoms with Gasteiger partial charge < -0.3 is 10.1 Å². The Morgan fingerprint density at radius 3 is 2.90 bits per heavy atom. The first-order valence-electron chi connectivity index (χ1n) is 7.30. The SMILES string of the molecule is COCCCNC(=O)C(C)N1CCc2ccccc2C1. The van der Waals surface area contributed by atoms with Gasteiger partial charge in [0.1, 0.15) is 0 Å². The molecule has 0 saturated carbocycles. The number of nitrogens with one attached hydrogen (secondary N) is 1. The van der Waals surface area contributed by atoms with Crippen LogP contribution in [0, 0.1) is 0 Å². The topological polar surface area (TPSA) is 41.6 Å². The Hall–Kier alpha value is -1.39. The number of carbonyl (C=O) groups excluding carboxylic acids is 1. The van der Waals surface area contributed by atoms with E-state index in [-0.39, 0.29) is 11.9 Å². The molecule has 1 amide bonds. The molecule has 0 spiro atoms. The monoisotopic (exact) mass is 276 g/mol. The molecule has 1 aromatic carbocycles. The predicted octanol–water partition coefficient (Wildman–Crippen LogP) is 1.59. The summed E-state index contributed by atoms with van der Waals surface area (Å²) < 4.78 is 4.98. The zero-order valence-electron chi connectivity index (χ0n) is 12.4. The van der Waals surface area contributed by atoms with E-state index in [1.165, 1.54) is 11.1 Å². The van der Waals surface area contributed by atoms with Crippen molar-refractivity contribution in [2.75, 3.05) is 26.8 Å². The lowest BCUT2D eigenvalue weighted by Crippen LogP contribution is -2.47. The second-order valence-electron chi connectivity index (χ2n) is 5.30. The zero-order chi connectivity index (χ0) is 14.4. The standard InChI is InChI=1S/C16H24N2O2/c1-13(16(19)17-9-5-11-20-2)18-10-8-14-6-3-4-7-15(14)12-18/h3-4,6-7,13H,5,8-12H2,1-2H3,(H,17,19). The molecule has 2 rings (SSSR count). The molecular formula is C16H24N2O2. The number of ether oxygens (including phenoxy) is 1. The molecule has 0 radical (unpaired) electrons. The van der Waals surface area contributed by atoms with Gasteiger partial charge in [0.05, 0.1) is 6.04 Å². The van der Waals surface area contributed by atoms with Gasteiger partial charge in [-0.3, -0.25) is 9.69 Å². The molecule has 1 heterocycles. The van der Waals surface area contributed by atoms with Crippen LogP contribution >= 0.6 is 0 Å². The van der Waals surface area contributed by atoms with Crippen LogP contribution in [0.15, 0.2) is 24.3 Å². The fourth-order valence-electron chi connectivity index (χ4n) is 2.59. The van der Waals surface area contributed by atoms with Crippen molar-refractivity contribution in [3.05, 3.63) is 35.4 Å². The van der Waals surface area contributed by atoms with Crippen molar-refractivity contribution in [2.45, 2.75) is 32.4 Å². The van der Waals surface area contributed by atoms with E-state index in [9.17, 15) is 4.79 Å². The van der Waals surface area contributed by atoms with Crippen LogP contribution in [0.2, 0.25) is 0 Å². The lowest BCUT2D eigenvalue weighted by atomic mass is 9.99. The second kappa shape index (κ2) is 7.41. The Balaban J connectivity index is 1.84. The molecule has 1 N–H and O–H groups in total. The number of methoxy groups -OCH3 is 1. The zero-order valence-corrected chi connectivity index (χ0v) is 12.4. The summed E-state index contributed by atoms with van der Waals surface area (Å²) in [5.41, 5.74) is 2.76. The Bertz CT molecular complexity index is 448. The van der Waals surface area contributed by atoms with Crippen LogP contribution in [-0.2, 0) is 22.5 Å². The minimum absolute atomic E-state index is 0.0779. The van der Waals surface area contributed by atoms with Crippen LogP contribution in [0.3, 0.4) is 0 Å². The molecule has 0 aliphatic carbocycles. The van der Waals surface area contributed by atoms with E-state index in [2.05, 4.69) is 34.5 Å². The average molecular weight is 276 g/mol. The summed E-state index contributed by atoms with van der Waals surface area (Å²) in [5.74, 6) is 0.112. The van der Waals surface area contributed by atoms with Gasteiger partial charge in [0.2, 0.25) is 5.91 Å². The summed E-state index contributed by atoms with van der Waals surface area (Å²) in [6, 6.07) is 8.41. The van der Waals surface area contributed by atoms with E-state index in [0.29, 0.717) is 13.2 Å². The van der Waals surface area contributed by atoms with Crippen LogP contribution in [0.25, 0.3) is 0 Å². The molecule has 0 bridgehead atoms. The summed E-state index contributed by atoms with van der Waals surface area (Å²) in [7, 11) is 1.68. The van der Waals surface area contributed by atoms with Gasteiger partial charge in [-0.15, -0.1) is 0 Å². The maximum absolute atomic E-state index is 12.1. The third kappa shape index (κ3) is 3.81. The van der Waals surface area contributed by atoms with Gasteiger partial charge in [-0.1, -0.05) is 24.3 Å². The molecule has 1 atom stereocenters. The molecule has 110 valence electrons. The van der Waals surface area contributed by atoms with Gasteiger partial charge in [-0.2, -0.15) is 0 Å². The average Bonchev–Trinajstić information content (AvgIpc) is 2.50. The van der Waals surface area contributed by atoms with Crippen molar-refractivity contribution in [3.63, 3.8) is 0 Å². The molecule has 1 aromatic rings. The van der Waals surface area contributed by atoms with E-state index in [1.807, 2.05) is 6.92 Å². The second-order valence-corrected chi connectivity index (χ2v) is 5.30. The molecule has 0 fully saturated rings. The first-order valence-corrected chi connectivity index (χ1v) is 7.30. The number of hydrogen-bond donors (Lipinski definition) is 1. The van der Waals surface area contributed by atoms with E-state index in [1.54, 1.807) is 7.11 Å². The number of nitrogens with zero attached hydrogens (tertiary/aromatic N) is 1. The van der Waals surface area contributed by atoms with E-state index < -0.39 is 0 Å². The fourth-order valence-corrected chi connectivity index (χ4v) is 2.59. The maximum atomic E-state index is 12.1. The third-order valence-electron chi connectivity index (χ3n) is 3.91. The minimum Gasteiger partial charge on any atom is -0.385 e. The molecule has 4 heteroatoms. The Kier molecular flexibility index (Phi) is 5.56. The number of carbonyl (C=O) groups is 1. The Morgan fingerprint density at radius 1 is 1.40 bits per heavy atom. The summed E-state index contributed by atoms with van der Waals surface area (Å²) in [4.78, 5) is 14.4. The van der Waals surface area contributed by atoms with Gasteiger partial charge in [0.15, 0.2) is 0 Å². The van der Waals surface area contributed by atoms with Crippen molar-refractivity contribution in [2.24, 2.45) is 0 Å². The maximum Gasteiger partial charge on any atom is 0.237 e. The van der Waals surface area contributed by atoms with Crippen molar-refractivity contribution < 1.29 is 9.53 Å². The van der Waals surface area contributed by atoms with E-state index in [0.717, 1.165) is 25.9 Å². The molecule has 20 heavy (non-hydrogen) atoms. The molecule has 1 unspecified atom stereocenters. The summed E-state index contributed by atoms with van der Waals surface area (Å²) >= 11 is 0. The van der Waals surface area contributed by atoms with Crippen LogP contribution in [-0.4, -0.2) is 43.7 Å². The minimum atomic E-state index is -0.0779. The van der Waals surface area contributed by atoms with Gasteiger partial charge in [-0.25, -0.2) is 0 Å². The number of benzene rings is 1. The van der Waals surface area contributed by atoms with Gasteiger partial charge in [0, 0.05) is 33.4 Å². The largest absolute Gasteiger partial charge is 0.385 e. The third-order valence-corrected chi connectivity index (χ3v) is 3.91. The van der Waals surface area contributed by atoms with Crippen LogP contribution < -0.4 is 5.32 Å². The first kappa shape index (κ1) is 15.0. The molecule has 0 saturated heterocycles. The highest BCUT2D eigenvalue weighted by molar-refractivity contribution is 5.81. The molecule has 1 aliphatic heterocycles. The molecule has 0 aromatic heterocycles. The van der Waals surface area contributed by atoms with Gasteiger partial charge in [0.25, 0.3) is 0 Å². The van der Waals surface area contributed by atoms with E-state index in [4.69, 9.17) is 4.74 Å². The smallest absolute Gasteiger partial charge is 0.237 e. The number of hydrogen-bond acceptors (Lipinski definition) is 3. The van der Waals surface area contributed by atoms with Crippen molar-refractivity contribution in [1.29, 1.82) is 0 Å². The normalized spacial score (nSPS) is 16.5. The molecular weight excluding hydrogens is 252 g/mol. The van der Waals surface area contributed by atoms with E-state index >= 15 is 0 Å². The highest BCUT2D eigenvalue weighted by atomic mass is 16.5. The Morgan fingerprint density at radius 2 is 2.15 bits per heavy atom. The quantitative estimate of drug-likeness (QED) is 0.802. The number of rotatable bonds is 6. The van der Waals surface area contributed by atoms with Crippen LogP contribution in [0.4, 0.5) is 0 Å². The molecule has 1 aliphatic rings. The van der Waals surface area contributed by atoms with Crippen molar-refractivity contribution >= 4 is 5.91 Å². The summed E-state index contributed by atoms with van der Waals surface area (Å²) in [6.45, 7) is 5.17. The lowest BCUT2D eigenvalue weighted by molar-refractivity contribution is -0.126. The van der Waals surface area contributed by atoms with Crippen LogP contribution in [0.1, 0.15) is 24.5 Å². The number of fused-ring (bicyclic) bond motifs is 1. The lowest BCUT2D eigenvalue weighted by Gasteiger charge is -2.32. The summed E-state index contributed by atoms with van der Waals surface area (Å²) in [5, 5.41) is 2.98. The number of amides is 1. The molecule has 4 nitrogen and oxygen atoms in total. The van der Waals surface area contributed by atoms with Gasteiger partial charge >= 0.3 is 0 Å². The fraction of sp³-hybridized carbons (Fsp3) is 0.562. The van der Waals surface area contributed by atoms with Crippen molar-refractivity contribution in [3.8, 4) is 0 Å². The highest BCUT2D eigenvalue weighted by Crippen LogP contribution is 2.20.